The van der Waals surface area contributed by atoms with E-state index in [9.17, 15) is 4.39 Å². The van der Waals surface area contributed by atoms with E-state index in [1.54, 1.807) is 25.1 Å². The third-order valence-electron chi connectivity index (χ3n) is 3.67. The Balaban J connectivity index is 1.89. The van der Waals surface area contributed by atoms with Gasteiger partial charge in [-0.25, -0.2) is 14.4 Å². The van der Waals surface area contributed by atoms with Crippen molar-refractivity contribution in [2.75, 3.05) is 13.6 Å². The fourth-order valence-electron chi connectivity index (χ4n) is 2.58. The van der Waals surface area contributed by atoms with Gasteiger partial charge in [0.25, 0.3) is 0 Å². The first-order valence-corrected chi connectivity index (χ1v) is 8.63. The van der Waals surface area contributed by atoms with Crippen LogP contribution in [0, 0.1) is 17.1 Å². The molecular weight excluding hydrogens is 355 g/mol. The molecule has 0 saturated heterocycles. The summed E-state index contributed by atoms with van der Waals surface area (Å²) >= 11 is 0. The van der Waals surface area contributed by atoms with Crippen LogP contribution in [0.1, 0.15) is 18.1 Å². The zero-order valence-corrected chi connectivity index (χ0v) is 16.0. The number of amidine groups is 1. The number of hydrogen-bond acceptors (Lipinski definition) is 3. The number of nitriles is 1. The van der Waals surface area contributed by atoms with Gasteiger partial charge in [0.15, 0.2) is 5.96 Å². The molecule has 0 unspecified atom stereocenters. The maximum absolute atomic E-state index is 12.9. The number of rotatable bonds is 6. The highest BCUT2D eigenvalue weighted by atomic mass is 19.1. The lowest BCUT2D eigenvalue weighted by molar-refractivity contribution is 0.351. The minimum Gasteiger partial charge on any atom is -0.369 e. The third-order valence-corrected chi connectivity index (χ3v) is 3.67. The highest BCUT2D eigenvalue weighted by molar-refractivity contribution is 5.95. The van der Waals surface area contributed by atoms with Gasteiger partial charge in [-0.1, -0.05) is 18.7 Å². The molecule has 0 fully saturated rings. The van der Waals surface area contributed by atoms with Crippen molar-refractivity contribution in [2.24, 2.45) is 15.7 Å². The second-order valence-electron chi connectivity index (χ2n) is 6.35. The first-order chi connectivity index (χ1) is 13.4. The molecule has 0 spiro atoms. The first kappa shape index (κ1) is 20.8. The van der Waals surface area contributed by atoms with Crippen molar-refractivity contribution in [3.63, 3.8) is 0 Å². The molecule has 0 amide bonds. The van der Waals surface area contributed by atoms with Crippen molar-refractivity contribution < 1.29 is 4.39 Å². The lowest BCUT2D eigenvalue weighted by atomic mass is 10.1. The third kappa shape index (κ3) is 7.02. The molecule has 28 heavy (non-hydrogen) atoms. The van der Waals surface area contributed by atoms with Gasteiger partial charge in [-0.15, -0.1) is 0 Å². The molecule has 0 atom stereocenters. The number of halogens is 1. The number of hydrogen-bond donors (Lipinski definition) is 2. The molecule has 0 saturated carbocycles. The Morgan fingerprint density at radius 2 is 2.00 bits per heavy atom. The Hall–Kier alpha value is -3.50. The van der Waals surface area contributed by atoms with Crippen molar-refractivity contribution in [3.05, 3.63) is 77.8 Å². The highest BCUT2D eigenvalue weighted by Crippen LogP contribution is 2.12. The summed E-state index contributed by atoms with van der Waals surface area (Å²) in [5.74, 6) is 0.292. The van der Waals surface area contributed by atoms with E-state index in [1.165, 1.54) is 12.1 Å². The Labute approximate surface area is 164 Å². The number of nitrogens with one attached hydrogen (secondary N) is 1. The molecule has 0 bridgehead atoms. The Kier molecular flexibility index (Phi) is 7.43. The zero-order chi connectivity index (χ0) is 20.5. The predicted molar refractivity (Wildman–Crippen MR) is 111 cm³/mol. The number of benzene rings is 2. The van der Waals surface area contributed by atoms with Gasteiger partial charge >= 0.3 is 0 Å². The van der Waals surface area contributed by atoms with E-state index in [4.69, 9.17) is 11.0 Å². The SMILES string of the molecule is C=C(CN(C)Cc1cccc(C#N)c1)NC(N)=NC(C)=Nc1ccc(F)cc1. The summed E-state index contributed by atoms with van der Waals surface area (Å²) < 4.78 is 12.9. The zero-order valence-electron chi connectivity index (χ0n) is 16.0. The molecule has 7 heteroatoms. The lowest BCUT2D eigenvalue weighted by Gasteiger charge is -2.19. The summed E-state index contributed by atoms with van der Waals surface area (Å²) in [7, 11) is 1.94. The number of aliphatic imine (C=N–C) groups is 2. The Bertz CT molecular complexity index is 925. The van der Waals surface area contributed by atoms with Crippen LogP contribution in [0.15, 0.2) is 70.8 Å². The molecule has 3 N–H and O–H groups in total. The fourth-order valence-corrected chi connectivity index (χ4v) is 2.58. The molecule has 2 aromatic carbocycles. The van der Waals surface area contributed by atoms with Crippen molar-refractivity contribution in [1.29, 1.82) is 5.26 Å². The molecule has 0 aliphatic rings. The molecule has 0 aromatic heterocycles. The first-order valence-electron chi connectivity index (χ1n) is 8.63. The predicted octanol–water partition coefficient (Wildman–Crippen LogP) is 3.30. The van der Waals surface area contributed by atoms with Crippen LogP contribution in [0.5, 0.6) is 0 Å². The van der Waals surface area contributed by atoms with E-state index in [1.807, 2.05) is 30.1 Å². The minimum atomic E-state index is -0.318. The maximum Gasteiger partial charge on any atom is 0.199 e. The molecule has 144 valence electrons. The van der Waals surface area contributed by atoms with Crippen LogP contribution in [-0.4, -0.2) is 30.3 Å². The summed E-state index contributed by atoms with van der Waals surface area (Å²) in [5, 5.41) is 11.9. The smallest absolute Gasteiger partial charge is 0.199 e. The standard InChI is InChI=1S/C21H23FN6/c1-15(13-28(3)14-18-6-4-5-17(11-18)12-23)25-21(24)27-16(2)26-20-9-7-19(22)8-10-20/h4-11H,1,13-14H2,2-3H3,(H3,24,25,26,27). The number of likely N-dealkylation sites (N-methyl/N-ethyl adjacent to an activating group) is 1. The van der Waals surface area contributed by atoms with Crippen LogP contribution in [0.2, 0.25) is 0 Å². The topological polar surface area (TPSA) is 89.8 Å². The number of guanidine groups is 1. The van der Waals surface area contributed by atoms with Gasteiger partial charge in [-0.2, -0.15) is 5.26 Å². The molecule has 0 radical (unpaired) electrons. The quantitative estimate of drug-likeness (QED) is 0.596. The number of nitrogens with zero attached hydrogens (tertiary/aromatic N) is 4. The van der Waals surface area contributed by atoms with E-state index in [2.05, 4.69) is 27.9 Å². The van der Waals surface area contributed by atoms with E-state index >= 15 is 0 Å². The van der Waals surface area contributed by atoms with Gasteiger partial charge in [0.1, 0.15) is 11.7 Å². The van der Waals surface area contributed by atoms with E-state index in [0.29, 0.717) is 35.9 Å². The summed E-state index contributed by atoms with van der Waals surface area (Å²) in [5.41, 5.74) is 8.84. The van der Waals surface area contributed by atoms with Gasteiger partial charge in [-0.05, 0) is 55.9 Å². The highest BCUT2D eigenvalue weighted by Gasteiger charge is 2.05. The van der Waals surface area contributed by atoms with Crippen LogP contribution >= 0.6 is 0 Å². The molecule has 0 aliphatic carbocycles. The summed E-state index contributed by atoms with van der Waals surface area (Å²) in [6.45, 7) is 6.87. The molecule has 0 aliphatic heterocycles. The second kappa shape index (κ2) is 10.00. The molecule has 2 aromatic rings. The lowest BCUT2D eigenvalue weighted by Crippen LogP contribution is -2.35. The molecule has 0 heterocycles. The van der Waals surface area contributed by atoms with Crippen molar-refractivity contribution in [2.45, 2.75) is 13.5 Å². The van der Waals surface area contributed by atoms with Crippen LogP contribution in [0.25, 0.3) is 0 Å². The molecule has 2 rings (SSSR count). The van der Waals surface area contributed by atoms with Crippen molar-refractivity contribution in [1.82, 2.24) is 10.2 Å². The largest absolute Gasteiger partial charge is 0.369 e. The van der Waals surface area contributed by atoms with Gasteiger partial charge in [0, 0.05) is 18.8 Å². The van der Waals surface area contributed by atoms with E-state index in [-0.39, 0.29) is 11.8 Å². The summed E-state index contributed by atoms with van der Waals surface area (Å²) in [4.78, 5) is 10.5. The normalized spacial score (nSPS) is 12.0. The second-order valence-corrected chi connectivity index (χ2v) is 6.35. The van der Waals surface area contributed by atoms with Gasteiger partial charge in [-0.3, -0.25) is 4.90 Å². The van der Waals surface area contributed by atoms with Crippen molar-refractivity contribution in [3.8, 4) is 6.07 Å². The van der Waals surface area contributed by atoms with Gasteiger partial charge in [0.05, 0.1) is 17.3 Å². The minimum absolute atomic E-state index is 0.174. The monoisotopic (exact) mass is 378 g/mol. The van der Waals surface area contributed by atoms with Crippen LogP contribution in [0.3, 0.4) is 0 Å². The Morgan fingerprint density at radius 3 is 2.68 bits per heavy atom. The van der Waals surface area contributed by atoms with Gasteiger partial charge < -0.3 is 11.1 Å². The van der Waals surface area contributed by atoms with Crippen LogP contribution < -0.4 is 11.1 Å². The summed E-state index contributed by atoms with van der Waals surface area (Å²) in [6.07, 6.45) is 0. The van der Waals surface area contributed by atoms with Crippen molar-refractivity contribution >= 4 is 17.5 Å². The van der Waals surface area contributed by atoms with Crippen LogP contribution in [-0.2, 0) is 6.54 Å². The number of nitrogens with two attached hydrogens (primary N) is 1. The average Bonchev–Trinajstić information content (AvgIpc) is 2.63. The van der Waals surface area contributed by atoms with Crippen LogP contribution in [0.4, 0.5) is 10.1 Å². The Morgan fingerprint density at radius 1 is 1.29 bits per heavy atom. The molecular formula is C21H23FN6. The maximum atomic E-state index is 12.9. The van der Waals surface area contributed by atoms with E-state index in [0.717, 1.165) is 5.56 Å². The summed E-state index contributed by atoms with van der Waals surface area (Å²) in [6, 6.07) is 15.4. The average molecular weight is 378 g/mol. The molecule has 6 nitrogen and oxygen atoms in total. The fraction of sp³-hybridized carbons (Fsp3) is 0.190. The van der Waals surface area contributed by atoms with Gasteiger partial charge in [0.2, 0.25) is 0 Å². The van der Waals surface area contributed by atoms with E-state index < -0.39 is 0 Å².